The highest BCUT2D eigenvalue weighted by Crippen LogP contribution is 2.29. The van der Waals surface area contributed by atoms with Crippen LogP contribution in [0.1, 0.15) is 31.5 Å². The molecule has 0 bridgehead atoms. The standard InChI is InChI=1S/C13H19F3N4O/c1-17-10-6-11(20-12(19-10)13(14,15)16)18-7-8-3-2-4-9(21)5-8/h6,8-9,21H,2-5,7H2,1H3,(H2,17,18,19,20). The number of rotatable bonds is 4. The van der Waals surface area contributed by atoms with Crippen molar-refractivity contribution in [1.82, 2.24) is 9.97 Å². The number of anilines is 2. The van der Waals surface area contributed by atoms with Crippen molar-refractivity contribution < 1.29 is 18.3 Å². The molecule has 2 unspecified atom stereocenters. The van der Waals surface area contributed by atoms with Gasteiger partial charge in [-0.2, -0.15) is 13.2 Å². The predicted molar refractivity (Wildman–Crippen MR) is 73.0 cm³/mol. The highest BCUT2D eigenvalue weighted by Gasteiger charge is 2.35. The zero-order valence-corrected chi connectivity index (χ0v) is 11.7. The predicted octanol–water partition coefficient (Wildman–Crippen LogP) is 2.50. The number of aliphatic hydroxyl groups excluding tert-OH is 1. The van der Waals surface area contributed by atoms with Crippen molar-refractivity contribution in [3.8, 4) is 0 Å². The van der Waals surface area contributed by atoms with E-state index in [1.54, 1.807) is 0 Å². The Morgan fingerprint density at radius 3 is 2.62 bits per heavy atom. The van der Waals surface area contributed by atoms with Gasteiger partial charge in [0.25, 0.3) is 0 Å². The molecule has 1 saturated carbocycles. The van der Waals surface area contributed by atoms with Gasteiger partial charge in [-0.3, -0.25) is 0 Å². The molecule has 1 aliphatic carbocycles. The highest BCUT2D eigenvalue weighted by atomic mass is 19.4. The van der Waals surface area contributed by atoms with Crippen LogP contribution in [0.15, 0.2) is 6.07 Å². The number of aliphatic hydroxyl groups is 1. The topological polar surface area (TPSA) is 70.1 Å². The summed E-state index contributed by atoms with van der Waals surface area (Å²) < 4.78 is 38.2. The number of aromatic nitrogens is 2. The van der Waals surface area contributed by atoms with Gasteiger partial charge in [-0.05, 0) is 25.2 Å². The summed E-state index contributed by atoms with van der Waals surface area (Å²) in [5.41, 5.74) is 0. The highest BCUT2D eigenvalue weighted by molar-refractivity contribution is 5.47. The molecule has 2 atom stereocenters. The first kappa shape index (κ1) is 15.8. The fourth-order valence-electron chi connectivity index (χ4n) is 2.49. The SMILES string of the molecule is CNc1cc(NCC2CCCC(O)C2)nc(C(F)(F)F)n1. The van der Waals surface area contributed by atoms with Crippen LogP contribution in [0, 0.1) is 5.92 Å². The quantitative estimate of drug-likeness (QED) is 0.797. The number of halogens is 3. The van der Waals surface area contributed by atoms with E-state index in [9.17, 15) is 18.3 Å². The molecule has 0 spiro atoms. The molecule has 0 aliphatic heterocycles. The maximum Gasteiger partial charge on any atom is 0.451 e. The molecule has 1 heterocycles. The first-order valence-electron chi connectivity index (χ1n) is 6.94. The average Bonchev–Trinajstić information content (AvgIpc) is 2.44. The molecule has 0 saturated heterocycles. The van der Waals surface area contributed by atoms with Crippen LogP contribution < -0.4 is 10.6 Å². The van der Waals surface area contributed by atoms with Crippen LogP contribution in [0.3, 0.4) is 0 Å². The summed E-state index contributed by atoms with van der Waals surface area (Å²) in [6.45, 7) is 0.495. The van der Waals surface area contributed by atoms with Gasteiger partial charge in [0.1, 0.15) is 11.6 Å². The van der Waals surface area contributed by atoms with Crippen molar-refractivity contribution >= 4 is 11.6 Å². The van der Waals surface area contributed by atoms with E-state index in [0.29, 0.717) is 13.0 Å². The molecular formula is C13H19F3N4O. The molecule has 1 fully saturated rings. The lowest BCUT2D eigenvalue weighted by molar-refractivity contribution is -0.144. The first-order chi connectivity index (χ1) is 9.88. The van der Waals surface area contributed by atoms with E-state index in [0.717, 1.165) is 19.3 Å². The normalized spacial score (nSPS) is 22.9. The van der Waals surface area contributed by atoms with Gasteiger partial charge in [0.15, 0.2) is 0 Å². The lowest BCUT2D eigenvalue weighted by atomic mass is 9.87. The van der Waals surface area contributed by atoms with Gasteiger partial charge in [0.05, 0.1) is 6.10 Å². The summed E-state index contributed by atoms with van der Waals surface area (Å²) >= 11 is 0. The van der Waals surface area contributed by atoms with Crippen LogP contribution >= 0.6 is 0 Å². The summed E-state index contributed by atoms with van der Waals surface area (Å²) in [5, 5.41) is 15.1. The number of hydrogen-bond acceptors (Lipinski definition) is 5. The van der Waals surface area contributed by atoms with E-state index in [-0.39, 0.29) is 23.7 Å². The molecule has 2 rings (SSSR count). The second-order valence-corrected chi connectivity index (χ2v) is 5.28. The Labute approximate surface area is 121 Å². The van der Waals surface area contributed by atoms with Gasteiger partial charge < -0.3 is 15.7 Å². The number of alkyl halides is 3. The van der Waals surface area contributed by atoms with Gasteiger partial charge in [-0.25, -0.2) is 9.97 Å². The zero-order chi connectivity index (χ0) is 15.5. The second-order valence-electron chi connectivity index (χ2n) is 5.28. The minimum absolute atomic E-state index is 0.114. The van der Waals surface area contributed by atoms with E-state index >= 15 is 0 Å². The lowest BCUT2D eigenvalue weighted by Gasteiger charge is -2.26. The van der Waals surface area contributed by atoms with E-state index in [1.807, 2.05) is 0 Å². The fourth-order valence-corrected chi connectivity index (χ4v) is 2.49. The van der Waals surface area contributed by atoms with Crippen molar-refractivity contribution in [3.63, 3.8) is 0 Å². The molecule has 5 nitrogen and oxygen atoms in total. The third-order valence-electron chi connectivity index (χ3n) is 3.56. The van der Waals surface area contributed by atoms with Gasteiger partial charge in [0.2, 0.25) is 5.82 Å². The number of nitrogens with one attached hydrogen (secondary N) is 2. The van der Waals surface area contributed by atoms with E-state index in [4.69, 9.17) is 0 Å². The van der Waals surface area contributed by atoms with Crippen molar-refractivity contribution in [2.45, 2.75) is 38.0 Å². The smallest absolute Gasteiger partial charge is 0.393 e. The van der Waals surface area contributed by atoms with Gasteiger partial charge in [-0.1, -0.05) is 6.42 Å². The Morgan fingerprint density at radius 2 is 2.00 bits per heavy atom. The minimum atomic E-state index is -4.58. The summed E-state index contributed by atoms with van der Waals surface area (Å²) in [7, 11) is 1.50. The van der Waals surface area contributed by atoms with Gasteiger partial charge in [0, 0.05) is 19.7 Å². The minimum Gasteiger partial charge on any atom is -0.393 e. The summed E-state index contributed by atoms with van der Waals surface area (Å²) in [4.78, 5) is 6.91. The van der Waals surface area contributed by atoms with E-state index in [1.165, 1.54) is 13.1 Å². The Kier molecular flexibility index (Phi) is 4.87. The van der Waals surface area contributed by atoms with E-state index in [2.05, 4.69) is 20.6 Å². The number of hydrogen-bond donors (Lipinski definition) is 3. The first-order valence-corrected chi connectivity index (χ1v) is 6.94. The Bertz CT molecular complexity index is 481. The Balaban J connectivity index is 2.05. The zero-order valence-electron chi connectivity index (χ0n) is 11.7. The van der Waals surface area contributed by atoms with Gasteiger partial charge >= 0.3 is 6.18 Å². The third kappa shape index (κ3) is 4.45. The Morgan fingerprint density at radius 1 is 1.29 bits per heavy atom. The molecular weight excluding hydrogens is 285 g/mol. The van der Waals surface area contributed by atoms with Crippen molar-refractivity contribution in [3.05, 3.63) is 11.9 Å². The van der Waals surface area contributed by atoms with Crippen LogP contribution in [-0.2, 0) is 6.18 Å². The van der Waals surface area contributed by atoms with Gasteiger partial charge in [-0.15, -0.1) is 0 Å². The summed E-state index contributed by atoms with van der Waals surface area (Å²) in [6, 6.07) is 1.44. The third-order valence-corrected chi connectivity index (χ3v) is 3.56. The molecule has 1 aromatic rings. The van der Waals surface area contributed by atoms with E-state index < -0.39 is 12.0 Å². The molecule has 0 aromatic carbocycles. The fraction of sp³-hybridized carbons (Fsp3) is 0.692. The number of nitrogens with zero attached hydrogens (tertiary/aromatic N) is 2. The van der Waals surface area contributed by atoms with Crippen LogP contribution in [0.25, 0.3) is 0 Å². The lowest BCUT2D eigenvalue weighted by Crippen LogP contribution is -2.25. The van der Waals surface area contributed by atoms with Crippen molar-refractivity contribution in [1.29, 1.82) is 0 Å². The largest absolute Gasteiger partial charge is 0.451 e. The molecule has 3 N–H and O–H groups in total. The van der Waals surface area contributed by atoms with Crippen LogP contribution in [0.2, 0.25) is 0 Å². The molecule has 1 aromatic heterocycles. The molecule has 0 radical (unpaired) electrons. The maximum atomic E-state index is 12.7. The molecule has 21 heavy (non-hydrogen) atoms. The van der Waals surface area contributed by atoms with Crippen molar-refractivity contribution in [2.24, 2.45) is 5.92 Å². The Hall–Kier alpha value is -1.57. The molecule has 0 amide bonds. The maximum absolute atomic E-state index is 12.7. The average molecular weight is 304 g/mol. The summed E-state index contributed by atoms with van der Waals surface area (Å²) in [5.74, 6) is -0.665. The molecule has 1 aliphatic rings. The van der Waals surface area contributed by atoms with Crippen LogP contribution in [-0.4, -0.2) is 34.8 Å². The summed E-state index contributed by atoms with van der Waals surface area (Å²) in [6.07, 6.45) is -1.53. The monoisotopic (exact) mass is 304 g/mol. The molecule has 8 heteroatoms. The second kappa shape index (κ2) is 6.46. The van der Waals surface area contributed by atoms with Crippen LogP contribution in [0.4, 0.5) is 24.8 Å². The van der Waals surface area contributed by atoms with Crippen molar-refractivity contribution in [2.75, 3.05) is 24.2 Å². The molecule has 118 valence electrons. The van der Waals surface area contributed by atoms with Crippen LogP contribution in [0.5, 0.6) is 0 Å².